The first-order valence-corrected chi connectivity index (χ1v) is 4.96. The quantitative estimate of drug-likeness (QED) is 0.570. The summed E-state index contributed by atoms with van der Waals surface area (Å²) < 4.78 is 4.89. The lowest BCUT2D eigenvalue weighted by Gasteiger charge is -2.10. The molecule has 0 aromatic heterocycles. The van der Waals surface area contributed by atoms with Crippen molar-refractivity contribution in [2.45, 2.75) is 13.3 Å². The number of benzene rings is 1. The Morgan fingerprint density at radius 3 is 2.19 bits per heavy atom. The van der Waals surface area contributed by atoms with Gasteiger partial charge in [0.15, 0.2) is 0 Å². The molecular weight excluding hydrogens is 206 g/mol. The fourth-order valence-electron chi connectivity index (χ4n) is 1.17. The molecule has 0 bridgehead atoms. The topological polar surface area (TPSA) is 46.6 Å². The molecule has 0 N–H and O–H groups in total. The number of nitrogens with zero attached hydrogens (tertiary/aromatic N) is 1. The molecule has 4 nitrogen and oxygen atoms in total. The summed E-state index contributed by atoms with van der Waals surface area (Å²) in [7, 11) is 3.44. The van der Waals surface area contributed by atoms with Crippen LogP contribution < -0.4 is 4.74 Å². The van der Waals surface area contributed by atoms with Gasteiger partial charge >= 0.3 is 5.97 Å². The van der Waals surface area contributed by atoms with E-state index in [4.69, 9.17) is 4.74 Å². The largest absolute Gasteiger partial charge is 0.427 e. The Labute approximate surface area is 94.8 Å². The van der Waals surface area contributed by atoms with Crippen molar-refractivity contribution in [1.29, 1.82) is 0 Å². The molecule has 0 aliphatic rings. The van der Waals surface area contributed by atoms with E-state index < -0.39 is 0 Å². The van der Waals surface area contributed by atoms with Gasteiger partial charge in [-0.2, -0.15) is 0 Å². The number of hydrogen-bond donors (Lipinski definition) is 0. The molecule has 0 saturated heterocycles. The minimum absolute atomic E-state index is 0.0419. The third-order valence-corrected chi connectivity index (χ3v) is 2.04. The van der Waals surface area contributed by atoms with Crippen LogP contribution in [-0.2, 0) is 16.0 Å². The van der Waals surface area contributed by atoms with Gasteiger partial charge in [-0.05, 0) is 17.7 Å². The van der Waals surface area contributed by atoms with E-state index in [1.54, 1.807) is 43.3 Å². The van der Waals surface area contributed by atoms with Gasteiger partial charge in [-0.1, -0.05) is 12.1 Å². The van der Waals surface area contributed by atoms with E-state index in [2.05, 4.69) is 0 Å². The van der Waals surface area contributed by atoms with Crippen LogP contribution in [0.3, 0.4) is 0 Å². The predicted molar refractivity (Wildman–Crippen MR) is 60.1 cm³/mol. The fourth-order valence-corrected chi connectivity index (χ4v) is 1.17. The summed E-state index contributed by atoms with van der Waals surface area (Å²) in [5.41, 5.74) is 0.898. The van der Waals surface area contributed by atoms with Crippen molar-refractivity contribution >= 4 is 11.9 Å². The highest BCUT2D eigenvalue weighted by molar-refractivity contribution is 5.78. The van der Waals surface area contributed by atoms with Crippen LogP contribution in [0.5, 0.6) is 5.75 Å². The van der Waals surface area contributed by atoms with Gasteiger partial charge in [-0.25, -0.2) is 0 Å². The van der Waals surface area contributed by atoms with Crippen LogP contribution in [0.15, 0.2) is 24.3 Å². The summed E-state index contributed by atoms with van der Waals surface area (Å²) in [5, 5.41) is 0. The van der Waals surface area contributed by atoms with E-state index in [9.17, 15) is 9.59 Å². The molecule has 1 aromatic rings. The smallest absolute Gasteiger partial charge is 0.308 e. The maximum atomic E-state index is 11.4. The van der Waals surface area contributed by atoms with Gasteiger partial charge < -0.3 is 9.64 Å². The Bertz CT molecular complexity index is 382. The molecular formula is C12H15NO3. The molecule has 0 heterocycles. The molecule has 0 aliphatic carbocycles. The van der Waals surface area contributed by atoms with E-state index in [-0.39, 0.29) is 11.9 Å². The molecule has 4 heteroatoms. The molecule has 0 saturated carbocycles. The Hall–Kier alpha value is -1.84. The molecule has 0 radical (unpaired) electrons. The summed E-state index contributed by atoms with van der Waals surface area (Å²) in [5.74, 6) is 0.186. The number of rotatable bonds is 3. The highest BCUT2D eigenvalue weighted by Crippen LogP contribution is 2.13. The summed E-state index contributed by atoms with van der Waals surface area (Å²) in [6.45, 7) is 1.35. The van der Waals surface area contributed by atoms with Gasteiger partial charge in [0.25, 0.3) is 0 Å². The molecule has 1 rings (SSSR count). The van der Waals surface area contributed by atoms with Crippen molar-refractivity contribution in [3.05, 3.63) is 29.8 Å². The summed E-state index contributed by atoms with van der Waals surface area (Å²) in [6.07, 6.45) is 0.355. The zero-order valence-corrected chi connectivity index (χ0v) is 9.69. The van der Waals surface area contributed by atoms with Crippen LogP contribution in [0.4, 0.5) is 0 Å². The van der Waals surface area contributed by atoms with E-state index in [1.165, 1.54) is 6.92 Å². The standard InChI is InChI=1S/C12H15NO3/c1-9(14)16-11-6-4-10(5-7-11)8-12(15)13(2)3/h4-7H,8H2,1-3H3. The number of hydrogen-bond acceptors (Lipinski definition) is 3. The number of likely N-dealkylation sites (N-methyl/N-ethyl adjacent to an activating group) is 1. The third kappa shape index (κ3) is 3.73. The number of carbonyl (C=O) groups excluding carboxylic acids is 2. The van der Waals surface area contributed by atoms with Gasteiger partial charge in [0.05, 0.1) is 6.42 Å². The minimum Gasteiger partial charge on any atom is -0.427 e. The lowest BCUT2D eigenvalue weighted by Crippen LogP contribution is -2.23. The van der Waals surface area contributed by atoms with Crippen molar-refractivity contribution in [2.24, 2.45) is 0 Å². The summed E-state index contributed by atoms with van der Waals surface area (Å²) >= 11 is 0. The van der Waals surface area contributed by atoms with Crippen molar-refractivity contribution < 1.29 is 14.3 Å². The SMILES string of the molecule is CC(=O)Oc1ccc(CC(=O)N(C)C)cc1. The van der Waals surface area contributed by atoms with E-state index in [0.29, 0.717) is 12.2 Å². The number of amides is 1. The first-order chi connectivity index (χ1) is 7.49. The van der Waals surface area contributed by atoms with Crippen molar-refractivity contribution in [1.82, 2.24) is 4.90 Å². The molecule has 0 unspecified atom stereocenters. The average Bonchev–Trinajstić information content (AvgIpc) is 2.20. The Balaban J connectivity index is 2.64. The average molecular weight is 221 g/mol. The number of carbonyl (C=O) groups is 2. The molecule has 0 fully saturated rings. The molecule has 86 valence electrons. The lowest BCUT2D eigenvalue weighted by molar-refractivity contribution is -0.132. The van der Waals surface area contributed by atoms with Crippen molar-refractivity contribution in [2.75, 3.05) is 14.1 Å². The van der Waals surface area contributed by atoms with Gasteiger partial charge in [-0.15, -0.1) is 0 Å². The first kappa shape index (κ1) is 12.2. The van der Waals surface area contributed by atoms with E-state index >= 15 is 0 Å². The Morgan fingerprint density at radius 2 is 1.75 bits per heavy atom. The van der Waals surface area contributed by atoms with Crippen LogP contribution in [-0.4, -0.2) is 30.9 Å². The van der Waals surface area contributed by atoms with Crippen LogP contribution in [0.1, 0.15) is 12.5 Å². The lowest BCUT2D eigenvalue weighted by atomic mass is 10.1. The molecule has 1 amide bonds. The second kappa shape index (κ2) is 5.30. The van der Waals surface area contributed by atoms with Gasteiger partial charge in [0, 0.05) is 21.0 Å². The molecule has 0 atom stereocenters. The minimum atomic E-state index is -0.350. The summed E-state index contributed by atoms with van der Waals surface area (Å²) in [4.78, 5) is 23.6. The fraction of sp³-hybridized carbons (Fsp3) is 0.333. The molecule has 16 heavy (non-hydrogen) atoms. The van der Waals surface area contributed by atoms with Crippen LogP contribution in [0, 0.1) is 0 Å². The normalized spacial score (nSPS) is 9.69. The van der Waals surface area contributed by atoms with Crippen LogP contribution in [0.2, 0.25) is 0 Å². The summed E-state index contributed by atoms with van der Waals surface area (Å²) in [6, 6.07) is 6.92. The second-order valence-corrected chi connectivity index (χ2v) is 3.70. The number of ether oxygens (including phenoxy) is 1. The van der Waals surface area contributed by atoms with E-state index in [1.807, 2.05) is 0 Å². The zero-order valence-electron chi connectivity index (χ0n) is 9.69. The third-order valence-electron chi connectivity index (χ3n) is 2.04. The Kier molecular flexibility index (Phi) is 4.05. The second-order valence-electron chi connectivity index (χ2n) is 3.70. The number of esters is 1. The first-order valence-electron chi connectivity index (χ1n) is 4.96. The van der Waals surface area contributed by atoms with Gasteiger partial charge in [-0.3, -0.25) is 9.59 Å². The van der Waals surface area contributed by atoms with Gasteiger partial charge in [0.1, 0.15) is 5.75 Å². The molecule has 1 aromatic carbocycles. The van der Waals surface area contributed by atoms with Gasteiger partial charge in [0.2, 0.25) is 5.91 Å². The van der Waals surface area contributed by atoms with Crippen LogP contribution >= 0.6 is 0 Å². The molecule has 0 aliphatic heterocycles. The van der Waals surface area contributed by atoms with E-state index in [0.717, 1.165) is 5.56 Å². The maximum Gasteiger partial charge on any atom is 0.308 e. The highest BCUT2D eigenvalue weighted by atomic mass is 16.5. The van der Waals surface area contributed by atoms with Crippen LogP contribution in [0.25, 0.3) is 0 Å². The zero-order chi connectivity index (χ0) is 12.1. The van der Waals surface area contributed by atoms with Crippen molar-refractivity contribution in [3.8, 4) is 5.75 Å². The monoisotopic (exact) mass is 221 g/mol. The maximum absolute atomic E-state index is 11.4. The van der Waals surface area contributed by atoms with Crippen molar-refractivity contribution in [3.63, 3.8) is 0 Å². The highest BCUT2D eigenvalue weighted by Gasteiger charge is 2.05. The molecule has 0 spiro atoms. The predicted octanol–water partition coefficient (Wildman–Crippen LogP) is 1.24. The Morgan fingerprint density at radius 1 is 1.19 bits per heavy atom.